The second kappa shape index (κ2) is 4.29. The van der Waals surface area contributed by atoms with E-state index in [0.29, 0.717) is 13.1 Å². The van der Waals surface area contributed by atoms with Crippen LogP contribution in [0.4, 0.5) is 5.82 Å². The Morgan fingerprint density at radius 1 is 1.65 bits per heavy atom. The molecule has 1 saturated heterocycles. The number of nitrogens with two attached hydrogens (primary N) is 2. The molecule has 1 aromatic heterocycles. The van der Waals surface area contributed by atoms with Crippen LogP contribution in [0, 0.1) is 5.41 Å². The molecule has 6 heteroatoms. The molecule has 6 nitrogen and oxygen atoms in total. The van der Waals surface area contributed by atoms with Gasteiger partial charge in [0.2, 0.25) is 5.91 Å². The third kappa shape index (κ3) is 2.08. The van der Waals surface area contributed by atoms with Crippen LogP contribution in [0.15, 0.2) is 12.3 Å². The van der Waals surface area contributed by atoms with Gasteiger partial charge in [-0.2, -0.15) is 5.10 Å². The molecular formula is C11H17N5O. The zero-order valence-corrected chi connectivity index (χ0v) is 9.89. The molecule has 0 saturated carbocycles. The Morgan fingerprint density at radius 2 is 2.41 bits per heavy atom. The molecule has 1 amide bonds. The van der Waals surface area contributed by atoms with E-state index >= 15 is 0 Å². The lowest BCUT2D eigenvalue weighted by atomic mass is 9.89. The molecule has 1 fully saturated rings. The number of hydrogen-bond donors (Lipinski definition) is 2. The molecule has 0 bridgehead atoms. The molecule has 1 aliphatic rings. The molecule has 0 aliphatic carbocycles. The van der Waals surface area contributed by atoms with E-state index in [0.717, 1.165) is 24.3 Å². The zero-order valence-electron chi connectivity index (χ0n) is 9.89. The lowest BCUT2D eigenvalue weighted by Gasteiger charge is -2.22. The Hall–Kier alpha value is -1.69. The van der Waals surface area contributed by atoms with Crippen LogP contribution >= 0.6 is 0 Å². The largest absolute Gasteiger partial charge is 0.369 e. The topological polar surface area (TPSA) is 98.1 Å². The molecule has 92 valence electrons. The van der Waals surface area contributed by atoms with E-state index in [2.05, 4.69) is 10.2 Å². The van der Waals surface area contributed by atoms with Crippen molar-refractivity contribution in [2.75, 3.05) is 18.0 Å². The number of hydrogen-bond acceptors (Lipinski definition) is 5. The van der Waals surface area contributed by atoms with E-state index in [1.165, 1.54) is 0 Å². The summed E-state index contributed by atoms with van der Waals surface area (Å²) in [5, 5.41) is 7.97. The van der Waals surface area contributed by atoms with Crippen molar-refractivity contribution in [3.8, 4) is 0 Å². The number of carbonyl (C=O) groups excluding carboxylic acids is 1. The van der Waals surface area contributed by atoms with E-state index in [1.807, 2.05) is 17.9 Å². The van der Waals surface area contributed by atoms with Gasteiger partial charge in [0, 0.05) is 25.2 Å². The Balaban J connectivity index is 2.23. The summed E-state index contributed by atoms with van der Waals surface area (Å²) in [6.45, 7) is 3.63. The number of aromatic nitrogens is 2. The molecule has 4 N–H and O–H groups in total. The van der Waals surface area contributed by atoms with Crippen LogP contribution in [0.25, 0.3) is 0 Å². The highest BCUT2D eigenvalue weighted by Gasteiger charge is 2.39. The van der Waals surface area contributed by atoms with E-state index in [1.54, 1.807) is 6.20 Å². The smallest absolute Gasteiger partial charge is 0.225 e. The van der Waals surface area contributed by atoms with Gasteiger partial charge in [-0.3, -0.25) is 4.79 Å². The second-order valence-corrected chi connectivity index (χ2v) is 4.68. The van der Waals surface area contributed by atoms with Crippen LogP contribution in [-0.4, -0.2) is 29.2 Å². The third-order valence-electron chi connectivity index (χ3n) is 3.37. The standard InChI is InChI=1S/C11H17N5O/c1-11(10(13)17)3-5-16(7-11)9-8(6-12)2-4-14-15-9/h2,4H,3,5-7,12H2,1H3,(H2,13,17). The lowest BCUT2D eigenvalue weighted by molar-refractivity contribution is -0.125. The minimum absolute atomic E-state index is 0.266. The Bertz CT molecular complexity index is 436. The predicted molar refractivity (Wildman–Crippen MR) is 64.1 cm³/mol. The van der Waals surface area contributed by atoms with Crippen LogP contribution < -0.4 is 16.4 Å². The maximum absolute atomic E-state index is 11.4. The van der Waals surface area contributed by atoms with Crippen LogP contribution in [0.3, 0.4) is 0 Å². The summed E-state index contributed by atoms with van der Waals surface area (Å²) in [6.07, 6.45) is 2.36. The van der Waals surface area contributed by atoms with Gasteiger partial charge < -0.3 is 16.4 Å². The van der Waals surface area contributed by atoms with Gasteiger partial charge in [0.05, 0.1) is 11.6 Å². The van der Waals surface area contributed by atoms with Gasteiger partial charge in [-0.1, -0.05) is 0 Å². The van der Waals surface area contributed by atoms with Crippen molar-refractivity contribution in [2.45, 2.75) is 19.9 Å². The monoisotopic (exact) mass is 235 g/mol. The van der Waals surface area contributed by atoms with Crippen molar-refractivity contribution in [2.24, 2.45) is 16.9 Å². The van der Waals surface area contributed by atoms with E-state index in [4.69, 9.17) is 11.5 Å². The molecular weight excluding hydrogens is 218 g/mol. The molecule has 1 atom stereocenters. The van der Waals surface area contributed by atoms with Crippen molar-refractivity contribution in [3.63, 3.8) is 0 Å². The molecule has 0 spiro atoms. The third-order valence-corrected chi connectivity index (χ3v) is 3.37. The maximum atomic E-state index is 11.4. The summed E-state index contributed by atoms with van der Waals surface area (Å²) >= 11 is 0. The molecule has 1 aromatic rings. The van der Waals surface area contributed by atoms with E-state index < -0.39 is 5.41 Å². The first-order valence-corrected chi connectivity index (χ1v) is 5.62. The van der Waals surface area contributed by atoms with E-state index in [-0.39, 0.29) is 5.91 Å². The van der Waals surface area contributed by atoms with Crippen molar-refractivity contribution >= 4 is 11.7 Å². The maximum Gasteiger partial charge on any atom is 0.225 e. The van der Waals surface area contributed by atoms with Crippen LogP contribution in [0.2, 0.25) is 0 Å². The summed E-state index contributed by atoms with van der Waals surface area (Å²) in [5.41, 5.74) is 11.5. The number of anilines is 1. The number of rotatable bonds is 3. The second-order valence-electron chi connectivity index (χ2n) is 4.68. The minimum atomic E-state index is -0.483. The quantitative estimate of drug-likeness (QED) is 0.745. The van der Waals surface area contributed by atoms with Crippen LogP contribution in [0.1, 0.15) is 18.9 Å². The highest BCUT2D eigenvalue weighted by Crippen LogP contribution is 2.32. The molecule has 0 aromatic carbocycles. The van der Waals surface area contributed by atoms with Gasteiger partial charge in [-0.15, -0.1) is 5.10 Å². The van der Waals surface area contributed by atoms with Crippen LogP contribution in [0.5, 0.6) is 0 Å². The summed E-state index contributed by atoms with van der Waals surface area (Å²) in [7, 11) is 0. The molecule has 2 heterocycles. The van der Waals surface area contributed by atoms with Gasteiger partial charge in [0.1, 0.15) is 0 Å². The molecule has 17 heavy (non-hydrogen) atoms. The van der Waals surface area contributed by atoms with Crippen molar-refractivity contribution in [1.82, 2.24) is 10.2 Å². The number of amides is 1. The highest BCUT2D eigenvalue weighted by atomic mass is 16.1. The number of nitrogens with zero attached hydrogens (tertiary/aromatic N) is 3. The van der Waals surface area contributed by atoms with Crippen molar-refractivity contribution in [3.05, 3.63) is 17.8 Å². The summed E-state index contributed by atoms with van der Waals surface area (Å²) < 4.78 is 0. The van der Waals surface area contributed by atoms with Crippen molar-refractivity contribution < 1.29 is 4.79 Å². The van der Waals surface area contributed by atoms with Crippen LogP contribution in [-0.2, 0) is 11.3 Å². The SMILES string of the molecule is CC1(C(N)=O)CCN(c2nnccc2CN)C1. The molecule has 0 radical (unpaired) electrons. The fraction of sp³-hybridized carbons (Fsp3) is 0.545. The van der Waals surface area contributed by atoms with Crippen molar-refractivity contribution in [1.29, 1.82) is 0 Å². The number of primary amides is 1. The highest BCUT2D eigenvalue weighted by molar-refractivity contribution is 5.82. The average Bonchev–Trinajstić information content (AvgIpc) is 2.73. The molecule has 2 rings (SSSR count). The summed E-state index contributed by atoms with van der Waals surface area (Å²) in [5.74, 6) is 0.498. The summed E-state index contributed by atoms with van der Waals surface area (Å²) in [4.78, 5) is 13.4. The van der Waals surface area contributed by atoms with Gasteiger partial charge in [-0.25, -0.2) is 0 Å². The van der Waals surface area contributed by atoms with Gasteiger partial charge in [0.15, 0.2) is 5.82 Å². The molecule has 1 unspecified atom stereocenters. The first-order chi connectivity index (χ1) is 8.07. The normalized spacial score (nSPS) is 24.0. The zero-order chi connectivity index (χ0) is 12.5. The first-order valence-electron chi connectivity index (χ1n) is 5.62. The van der Waals surface area contributed by atoms with Gasteiger partial charge in [0.25, 0.3) is 0 Å². The predicted octanol–water partition coefficient (Wildman–Crippen LogP) is -0.363. The minimum Gasteiger partial charge on any atom is -0.369 e. The fourth-order valence-corrected chi connectivity index (χ4v) is 2.12. The summed E-state index contributed by atoms with van der Waals surface area (Å²) in [6, 6.07) is 1.85. The fourth-order valence-electron chi connectivity index (χ4n) is 2.12. The Kier molecular flexibility index (Phi) is 2.97. The number of carbonyl (C=O) groups is 1. The van der Waals surface area contributed by atoms with Gasteiger partial charge in [-0.05, 0) is 19.4 Å². The Morgan fingerprint density at radius 3 is 3.00 bits per heavy atom. The van der Waals surface area contributed by atoms with Gasteiger partial charge >= 0.3 is 0 Å². The molecule has 1 aliphatic heterocycles. The lowest BCUT2D eigenvalue weighted by Crippen LogP contribution is -2.37. The Labute approximate surface area is 100.0 Å². The average molecular weight is 235 g/mol. The first kappa shape index (κ1) is 11.8. The van der Waals surface area contributed by atoms with E-state index in [9.17, 15) is 4.79 Å².